The Labute approximate surface area is 99.5 Å². The van der Waals surface area contributed by atoms with Gasteiger partial charge in [0.15, 0.2) is 0 Å². The number of thiazole rings is 1. The fourth-order valence-corrected chi connectivity index (χ4v) is 4.04. The molecular weight excluding hydrogens is 246 g/mol. The van der Waals surface area contributed by atoms with Gasteiger partial charge < -0.3 is 0 Å². The highest BCUT2D eigenvalue weighted by Crippen LogP contribution is 2.18. The molecule has 0 aliphatic heterocycles. The molecule has 0 N–H and O–H groups in total. The summed E-state index contributed by atoms with van der Waals surface area (Å²) in [6.07, 6.45) is 0.955. The second kappa shape index (κ2) is 5.01. The molecule has 2 aromatic heterocycles. The highest BCUT2D eigenvalue weighted by molar-refractivity contribution is 7.86. The van der Waals surface area contributed by atoms with Gasteiger partial charge in [-0.1, -0.05) is 13.0 Å². The lowest BCUT2D eigenvalue weighted by molar-refractivity contribution is 0.683. The Morgan fingerprint density at radius 2 is 2.33 bits per heavy atom. The average molecular weight is 257 g/mol. The van der Waals surface area contributed by atoms with Crippen LogP contribution in [-0.2, 0) is 23.0 Å². The van der Waals surface area contributed by atoms with E-state index in [1.807, 2.05) is 22.9 Å². The van der Waals surface area contributed by atoms with E-state index < -0.39 is 10.8 Å². The molecular formula is C10H11NOS3. The van der Waals surface area contributed by atoms with Crippen LogP contribution in [0.5, 0.6) is 0 Å². The van der Waals surface area contributed by atoms with Crippen LogP contribution in [0.15, 0.2) is 27.1 Å². The van der Waals surface area contributed by atoms with Crippen molar-refractivity contribution in [2.45, 2.75) is 23.3 Å². The van der Waals surface area contributed by atoms with Crippen molar-refractivity contribution in [3.63, 3.8) is 0 Å². The van der Waals surface area contributed by atoms with Gasteiger partial charge in [-0.15, -0.1) is 22.7 Å². The van der Waals surface area contributed by atoms with Crippen molar-refractivity contribution >= 4 is 33.5 Å². The van der Waals surface area contributed by atoms with Crippen molar-refractivity contribution < 1.29 is 4.21 Å². The van der Waals surface area contributed by atoms with Crippen LogP contribution in [0.4, 0.5) is 0 Å². The maximum Gasteiger partial charge on any atom is 0.0925 e. The number of rotatable bonds is 4. The first kappa shape index (κ1) is 11.0. The Hall–Kier alpha value is -0.520. The van der Waals surface area contributed by atoms with Gasteiger partial charge in [0, 0.05) is 5.38 Å². The first-order chi connectivity index (χ1) is 7.29. The van der Waals surface area contributed by atoms with E-state index in [0.29, 0.717) is 5.75 Å². The summed E-state index contributed by atoms with van der Waals surface area (Å²) in [4.78, 5) is 4.41. The van der Waals surface area contributed by atoms with E-state index in [0.717, 1.165) is 21.3 Å². The van der Waals surface area contributed by atoms with Gasteiger partial charge in [-0.3, -0.25) is 4.21 Å². The monoisotopic (exact) mass is 257 g/mol. The third kappa shape index (κ3) is 2.74. The van der Waals surface area contributed by atoms with Crippen LogP contribution in [0.25, 0.3) is 0 Å². The van der Waals surface area contributed by atoms with Gasteiger partial charge in [-0.25, -0.2) is 4.98 Å². The van der Waals surface area contributed by atoms with Crippen molar-refractivity contribution in [1.82, 2.24) is 4.98 Å². The number of hydrogen-bond acceptors (Lipinski definition) is 4. The zero-order chi connectivity index (χ0) is 10.7. The number of aromatic nitrogens is 1. The maximum atomic E-state index is 11.9. The van der Waals surface area contributed by atoms with E-state index >= 15 is 0 Å². The SMILES string of the molecule is CCc1nc(C[S@](=O)c2cccs2)cs1. The van der Waals surface area contributed by atoms with Crippen LogP contribution in [-0.4, -0.2) is 9.19 Å². The minimum Gasteiger partial charge on any atom is -0.253 e. The molecule has 1 atom stereocenters. The van der Waals surface area contributed by atoms with E-state index in [9.17, 15) is 4.21 Å². The first-order valence-corrected chi connectivity index (χ1v) is 7.72. The topological polar surface area (TPSA) is 30.0 Å². The molecule has 5 heteroatoms. The largest absolute Gasteiger partial charge is 0.253 e. The number of aryl methyl sites for hydroxylation is 1. The summed E-state index contributed by atoms with van der Waals surface area (Å²) in [6.45, 7) is 2.08. The second-order valence-corrected chi connectivity index (χ2v) is 6.58. The molecule has 0 saturated carbocycles. The molecule has 0 aromatic carbocycles. The van der Waals surface area contributed by atoms with E-state index in [4.69, 9.17) is 0 Å². The van der Waals surface area contributed by atoms with Gasteiger partial charge in [0.1, 0.15) is 0 Å². The van der Waals surface area contributed by atoms with Gasteiger partial charge in [0.25, 0.3) is 0 Å². The molecule has 2 nitrogen and oxygen atoms in total. The molecule has 0 radical (unpaired) electrons. The van der Waals surface area contributed by atoms with Crippen molar-refractivity contribution in [3.8, 4) is 0 Å². The molecule has 0 amide bonds. The number of nitrogens with zero attached hydrogens (tertiary/aromatic N) is 1. The smallest absolute Gasteiger partial charge is 0.0925 e. The third-order valence-corrected chi connectivity index (χ3v) is 5.59. The Bertz CT molecular complexity index is 447. The second-order valence-electron chi connectivity index (χ2n) is 3.01. The van der Waals surface area contributed by atoms with Gasteiger partial charge in [-0.05, 0) is 17.9 Å². The molecule has 0 aliphatic carbocycles. The maximum absolute atomic E-state index is 11.9. The summed E-state index contributed by atoms with van der Waals surface area (Å²) in [7, 11) is -0.929. The molecule has 80 valence electrons. The molecule has 15 heavy (non-hydrogen) atoms. The fraction of sp³-hybridized carbons (Fsp3) is 0.300. The molecule has 2 heterocycles. The Kier molecular flexibility index (Phi) is 3.66. The zero-order valence-electron chi connectivity index (χ0n) is 8.30. The number of hydrogen-bond donors (Lipinski definition) is 0. The molecule has 0 saturated heterocycles. The van der Waals surface area contributed by atoms with Gasteiger partial charge >= 0.3 is 0 Å². The van der Waals surface area contributed by atoms with Crippen molar-refractivity contribution in [2.75, 3.05) is 0 Å². The van der Waals surface area contributed by atoms with Crippen LogP contribution < -0.4 is 0 Å². The zero-order valence-corrected chi connectivity index (χ0v) is 10.8. The van der Waals surface area contributed by atoms with Crippen LogP contribution in [0, 0.1) is 0 Å². The molecule has 0 unspecified atom stereocenters. The van der Waals surface area contributed by atoms with E-state index in [-0.39, 0.29) is 0 Å². The van der Waals surface area contributed by atoms with Crippen molar-refractivity contribution in [1.29, 1.82) is 0 Å². The van der Waals surface area contributed by atoms with Crippen LogP contribution in [0.1, 0.15) is 17.6 Å². The standard InChI is InChI=1S/C10H11NOS3/c1-2-9-11-8(6-14-9)7-15(12)10-4-3-5-13-10/h3-6H,2,7H2,1H3/t15-/m0/s1. The Balaban J connectivity index is 2.06. The summed E-state index contributed by atoms with van der Waals surface area (Å²) in [5, 5.41) is 5.07. The molecule has 2 rings (SSSR count). The third-order valence-electron chi connectivity index (χ3n) is 1.90. The van der Waals surface area contributed by atoms with E-state index in [1.165, 1.54) is 11.3 Å². The molecule has 0 spiro atoms. The Morgan fingerprint density at radius 1 is 1.47 bits per heavy atom. The lowest BCUT2D eigenvalue weighted by atomic mass is 10.5. The van der Waals surface area contributed by atoms with E-state index in [2.05, 4.69) is 11.9 Å². The lowest BCUT2D eigenvalue weighted by Crippen LogP contribution is -1.94. The molecule has 0 bridgehead atoms. The highest BCUT2D eigenvalue weighted by atomic mass is 32.2. The van der Waals surface area contributed by atoms with Gasteiger partial charge in [-0.2, -0.15) is 0 Å². The van der Waals surface area contributed by atoms with Crippen molar-refractivity contribution in [3.05, 3.63) is 33.6 Å². The quantitative estimate of drug-likeness (QED) is 0.842. The minimum absolute atomic E-state index is 0.539. The van der Waals surface area contributed by atoms with Crippen LogP contribution in [0.2, 0.25) is 0 Å². The normalized spacial score (nSPS) is 12.9. The highest BCUT2D eigenvalue weighted by Gasteiger charge is 2.08. The summed E-state index contributed by atoms with van der Waals surface area (Å²) in [6, 6.07) is 3.84. The predicted molar refractivity (Wildman–Crippen MR) is 65.9 cm³/mol. The van der Waals surface area contributed by atoms with Gasteiger partial charge in [0.2, 0.25) is 0 Å². The predicted octanol–water partition coefficient (Wildman–Crippen LogP) is 3.07. The van der Waals surface area contributed by atoms with Crippen LogP contribution in [0.3, 0.4) is 0 Å². The van der Waals surface area contributed by atoms with E-state index in [1.54, 1.807) is 11.3 Å². The average Bonchev–Trinajstić information content (AvgIpc) is 2.87. The molecule has 2 aromatic rings. The van der Waals surface area contributed by atoms with Crippen molar-refractivity contribution in [2.24, 2.45) is 0 Å². The minimum atomic E-state index is -0.929. The first-order valence-electron chi connectivity index (χ1n) is 4.64. The van der Waals surface area contributed by atoms with Gasteiger partial charge in [0.05, 0.1) is 31.5 Å². The van der Waals surface area contributed by atoms with Crippen LogP contribution >= 0.6 is 22.7 Å². The summed E-state index contributed by atoms with van der Waals surface area (Å²) in [5.74, 6) is 0.539. The summed E-state index contributed by atoms with van der Waals surface area (Å²) in [5.41, 5.74) is 0.948. The molecule has 0 fully saturated rings. The summed E-state index contributed by atoms with van der Waals surface area (Å²) < 4.78 is 12.8. The fourth-order valence-electron chi connectivity index (χ4n) is 1.18. The number of thiophene rings is 1. The summed E-state index contributed by atoms with van der Waals surface area (Å²) >= 11 is 3.18. The lowest BCUT2D eigenvalue weighted by Gasteiger charge is -1.94. The molecule has 0 aliphatic rings. The Morgan fingerprint density at radius 3 is 2.93 bits per heavy atom.